The van der Waals surface area contributed by atoms with Gasteiger partial charge >= 0.3 is 0 Å². The van der Waals surface area contributed by atoms with Crippen LogP contribution < -0.4 is 14.5 Å². The summed E-state index contributed by atoms with van der Waals surface area (Å²) in [4.78, 5) is 30.5. The Bertz CT molecular complexity index is 1510. The maximum Gasteiger partial charge on any atom is 0.269 e. The van der Waals surface area contributed by atoms with Gasteiger partial charge in [0.25, 0.3) is 11.8 Å². The minimum Gasteiger partial charge on any atom is -0.482 e. The van der Waals surface area contributed by atoms with Crippen LogP contribution in [0.15, 0.2) is 71.2 Å². The standard InChI is InChI=1S/C31H32BrFN2O5Si/c1-19-29(41(2,3)33)27(14-15-36)40-31(19)23-16-21(32)10-13-24(23)34(30(31)38)17-20-8-11-22(12-9-20)35-25-6-4-5-7-26(25)39-18-28(35)37/h4-13,16,19,27,29,36H,14-15,17-18H2,1-3H3/t19-,27+,29-,31+/m0/s1. The summed E-state index contributed by atoms with van der Waals surface area (Å²) in [6.07, 6.45) is -0.274. The molecule has 0 aliphatic carbocycles. The molecule has 0 saturated carbocycles. The van der Waals surface area contributed by atoms with Crippen molar-refractivity contribution in [3.63, 3.8) is 0 Å². The molecule has 0 bridgehead atoms. The lowest BCUT2D eigenvalue weighted by molar-refractivity contribution is -0.146. The summed E-state index contributed by atoms with van der Waals surface area (Å²) >= 11 is 3.55. The molecule has 1 spiro atoms. The highest BCUT2D eigenvalue weighted by Crippen LogP contribution is 2.60. The van der Waals surface area contributed by atoms with E-state index in [1.54, 1.807) is 22.9 Å². The van der Waals surface area contributed by atoms with Crippen LogP contribution in [0.2, 0.25) is 18.6 Å². The molecule has 214 valence electrons. The average molecular weight is 640 g/mol. The number of fused-ring (bicyclic) bond motifs is 3. The number of benzene rings is 3. The van der Waals surface area contributed by atoms with Gasteiger partial charge in [0, 0.05) is 33.8 Å². The van der Waals surface area contributed by atoms with Crippen molar-refractivity contribution in [2.45, 2.75) is 50.2 Å². The van der Waals surface area contributed by atoms with E-state index in [0.717, 1.165) is 21.3 Å². The maximum atomic E-state index is 15.7. The van der Waals surface area contributed by atoms with Gasteiger partial charge in [-0.1, -0.05) is 47.1 Å². The third kappa shape index (κ3) is 4.52. The lowest BCUT2D eigenvalue weighted by atomic mass is 9.82. The van der Waals surface area contributed by atoms with Crippen LogP contribution in [0.1, 0.15) is 24.5 Å². The Kier molecular flexibility index (Phi) is 7.08. The summed E-state index contributed by atoms with van der Waals surface area (Å²) in [5.41, 5.74) is 1.94. The molecule has 3 aromatic carbocycles. The van der Waals surface area contributed by atoms with Gasteiger partial charge in [0.15, 0.2) is 12.2 Å². The Hall–Kier alpha value is -3.05. The second kappa shape index (κ2) is 10.3. The molecule has 0 unspecified atom stereocenters. The molecule has 0 aromatic heterocycles. The lowest BCUT2D eigenvalue weighted by Gasteiger charge is -2.31. The highest BCUT2D eigenvalue weighted by Gasteiger charge is 2.66. The first-order valence-corrected chi connectivity index (χ1v) is 17.5. The molecule has 6 rings (SSSR count). The van der Waals surface area contributed by atoms with Crippen molar-refractivity contribution < 1.29 is 28.3 Å². The molecule has 1 fully saturated rings. The van der Waals surface area contributed by atoms with E-state index in [1.807, 2.05) is 73.7 Å². The Morgan fingerprint density at radius 1 is 1.07 bits per heavy atom. The van der Waals surface area contributed by atoms with Crippen LogP contribution in [0.4, 0.5) is 21.2 Å². The van der Waals surface area contributed by atoms with E-state index in [4.69, 9.17) is 9.47 Å². The van der Waals surface area contributed by atoms with Gasteiger partial charge in [0.2, 0.25) is 8.41 Å². The van der Waals surface area contributed by atoms with Crippen LogP contribution in [0.3, 0.4) is 0 Å². The Morgan fingerprint density at radius 2 is 1.80 bits per heavy atom. The van der Waals surface area contributed by atoms with Crippen molar-refractivity contribution in [3.05, 3.63) is 82.3 Å². The summed E-state index contributed by atoms with van der Waals surface area (Å²) in [5, 5.41) is 9.75. The number of rotatable bonds is 6. The first-order valence-electron chi connectivity index (χ1n) is 13.8. The molecule has 3 aliphatic rings. The first kappa shape index (κ1) is 28.1. The highest BCUT2D eigenvalue weighted by molar-refractivity contribution is 9.10. The lowest BCUT2D eigenvalue weighted by Crippen LogP contribution is -2.45. The van der Waals surface area contributed by atoms with Crippen LogP contribution in [0.5, 0.6) is 5.75 Å². The largest absolute Gasteiger partial charge is 0.482 e. The van der Waals surface area contributed by atoms with Gasteiger partial charge in [-0.3, -0.25) is 14.5 Å². The molecule has 4 atom stereocenters. The molecule has 7 nitrogen and oxygen atoms in total. The molecule has 1 N–H and O–H groups in total. The number of ether oxygens (including phenoxy) is 2. The summed E-state index contributed by atoms with van der Waals surface area (Å²) in [6, 6.07) is 20.6. The fourth-order valence-corrected chi connectivity index (χ4v) is 9.80. The molecule has 2 amide bonds. The van der Waals surface area contributed by atoms with Crippen LogP contribution in [0.25, 0.3) is 0 Å². The highest BCUT2D eigenvalue weighted by atomic mass is 79.9. The third-order valence-electron chi connectivity index (χ3n) is 8.58. The van der Waals surface area contributed by atoms with E-state index in [2.05, 4.69) is 15.9 Å². The number of hydrogen-bond donors (Lipinski definition) is 1. The van der Waals surface area contributed by atoms with E-state index in [-0.39, 0.29) is 38.0 Å². The number of aliphatic hydroxyl groups excluding tert-OH is 1. The van der Waals surface area contributed by atoms with Gasteiger partial charge in [-0.05, 0) is 67.5 Å². The predicted octanol–water partition coefficient (Wildman–Crippen LogP) is 6.21. The van der Waals surface area contributed by atoms with Crippen LogP contribution in [-0.4, -0.2) is 44.6 Å². The zero-order valence-electron chi connectivity index (χ0n) is 23.1. The molecule has 3 heterocycles. The quantitative estimate of drug-likeness (QED) is 0.257. The molecule has 1 saturated heterocycles. The Morgan fingerprint density at radius 3 is 2.51 bits per heavy atom. The first-order chi connectivity index (χ1) is 19.6. The number of amides is 2. The molecule has 3 aliphatic heterocycles. The number of carbonyl (C=O) groups excluding carboxylic acids is 2. The van der Waals surface area contributed by atoms with Crippen molar-refractivity contribution >= 4 is 53.2 Å². The third-order valence-corrected chi connectivity index (χ3v) is 11.5. The van der Waals surface area contributed by atoms with Crippen LogP contribution in [0, 0.1) is 5.92 Å². The van der Waals surface area contributed by atoms with Crippen molar-refractivity contribution in [1.82, 2.24) is 0 Å². The Labute approximate surface area is 248 Å². The van der Waals surface area contributed by atoms with Crippen LogP contribution in [-0.2, 0) is 26.5 Å². The van der Waals surface area contributed by atoms with Gasteiger partial charge in [-0.2, -0.15) is 0 Å². The second-order valence-corrected chi connectivity index (χ2v) is 16.2. The van der Waals surface area contributed by atoms with E-state index >= 15 is 4.11 Å². The molecular weight excluding hydrogens is 607 g/mol. The molecule has 3 aromatic rings. The Balaban J connectivity index is 1.34. The molecule has 41 heavy (non-hydrogen) atoms. The van der Waals surface area contributed by atoms with E-state index in [0.29, 0.717) is 17.1 Å². The summed E-state index contributed by atoms with van der Waals surface area (Å²) in [6.45, 7) is 5.32. The van der Waals surface area contributed by atoms with E-state index < -0.39 is 31.6 Å². The second-order valence-electron chi connectivity index (χ2n) is 11.5. The van der Waals surface area contributed by atoms with Gasteiger partial charge < -0.3 is 23.6 Å². The van der Waals surface area contributed by atoms with Crippen molar-refractivity contribution in [2.24, 2.45) is 5.92 Å². The van der Waals surface area contributed by atoms with E-state index in [1.165, 1.54) is 0 Å². The number of nitrogens with zero attached hydrogens (tertiary/aromatic N) is 2. The van der Waals surface area contributed by atoms with Crippen molar-refractivity contribution in [1.29, 1.82) is 0 Å². The van der Waals surface area contributed by atoms with Crippen LogP contribution >= 0.6 is 15.9 Å². The number of halogens is 2. The van der Waals surface area contributed by atoms with Gasteiger partial charge in [-0.25, -0.2) is 0 Å². The summed E-state index contributed by atoms with van der Waals surface area (Å²) in [7, 11) is -3.26. The summed E-state index contributed by atoms with van der Waals surface area (Å²) in [5.74, 6) is -0.143. The number of anilines is 3. The SMILES string of the molecule is C[C@H]1[C@H]([Si](C)(C)F)[C@@H](CCO)O[C@]12C(=O)N(Cc1ccc(N3C(=O)COc4ccccc43)cc1)c1ccc(Br)cc12. The van der Waals surface area contributed by atoms with Gasteiger partial charge in [0.1, 0.15) is 5.75 Å². The topological polar surface area (TPSA) is 79.3 Å². The summed E-state index contributed by atoms with van der Waals surface area (Å²) < 4.78 is 28.7. The minimum absolute atomic E-state index is 0.0372. The smallest absolute Gasteiger partial charge is 0.269 e. The number of aliphatic hydroxyl groups is 1. The van der Waals surface area contributed by atoms with Gasteiger partial charge in [0.05, 0.1) is 24.0 Å². The molecular formula is C31H32BrFN2O5Si. The predicted molar refractivity (Wildman–Crippen MR) is 161 cm³/mol. The normalized spacial score (nSPS) is 25.5. The monoisotopic (exact) mass is 638 g/mol. The van der Waals surface area contributed by atoms with Gasteiger partial charge in [-0.15, -0.1) is 0 Å². The fourth-order valence-electron chi connectivity index (χ4n) is 6.89. The van der Waals surface area contributed by atoms with Crippen molar-refractivity contribution in [3.8, 4) is 5.75 Å². The molecule has 0 radical (unpaired) electrons. The number of carbonyl (C=O) groups is 2. The zero-order valence-corrected chi connectivity index (χ0v) is 25.7. The zero-order chi connectivity index (χ0) is 29.1. The number of hydrogen-bond acceptors (Lipinski definition) is 5. The minimum atomic E-state index is -3.26. The average Bonchev–Trinajstić information content (AvgIpc) is 3.36. The maximum absolute atomic E-state index is 15.7. The fraction of sp³-hybridized carbons (Fsp3) is 0.355. The number of para-hydroxylation sites is 2. The van der Waals surface area contributed by atoms with Crippen molar-refractivity contribution in [2.75, 3.05) is 23.0 Å². The molecule has 10 heteroatoms. The van der Waals surface area contributed by atoms with E-state index in [9.17, 15) is 14.7 Å².